The van der Waals surface area contributed by atoms with Gasteiger partial charge in [-0.25, -0.2) is 0 Å². The van der Waals surface area contributed by atoms with Gasteiger partial charge in [-0.15, -0.1) is 0 Å². The molecule has 1 fully saturated rings. The molecule has 0 spiro atoms. The number of hydrogen-bond acceptors (Lipinski definition) is 3. The molecule has 5 heteroatoms. The van der Waals surface area contributed by atoms with Crippen molar-refractivity contribution in [2.45, 2.75) is 39.7 Å². The number of nitrogens with zero attached hydrogens (tertiary/aromatic N) is 3. The summed E-state index contributed by atoms with van der Waals surface area (Å²) in [6.45, 7) is 7.82. The minimum absolute atomic E-state index is 0.0466. The van der Waals surface area contributed by atoms with E-state index in [0.717, 1.165) is 16.8 Å². The summed E-state index contributed by atoms with van der Waals surface area (Å²) in [6.07, 6.45) is 0.631. The highest BCUT2D eigenvalue weighted by Gasteiger charge is 2.52. The smallest absolute Gasteiger partial charge is 0.259 e. The van der Waals surface area contributed by atoms with E-state index in [1.807, 2.05) is 62.9 Å². The molecule has 0 aliphatic carbocycles. The maximum Gasteiger partial charge on any atom is 0.259 e. The van der Waals surface area contributed by atoms with Crippen molar-refractivity contribution < 1.29 is 4.79 Å². The Morgan fingerprint density at radius 1 is 1.12 bits per heavy atom. The minimum Gasteiger partial charge on any atom is -0.303 e. The molecule has 1 amide bonds. The molecule has 0 bridgehead atoms. The van der Waals surface area contributed by atoms with Crippen molar-refractivity contribution in [1.29, 1.82) is 5.26 Å². The fourth-order valence-electron chi connectivity index (χ4n) is 3.27. The molecule has 0 radical (unpaired) electrons. The second-order valence-electron chi connectivity index (χ2n) is 6.83. The average molecular weight is 363 g/mol. The number of carbonyl (C=O) groups excluding carboxylic acids is 1. The molecule has 26 heavy (non-hydrogen) atoms. The quantitative estimate of drug-likeness (QED) is 0.754. The second-order valence-corrected chi connectivity index (χ2v) is 7.20. The van der Waals surface area contributed by atoms with Crippen molar-refractivity contribution in [2.24, 2.45) is 0 Å². The number of amides is 1. The summed E-state index contributed by atoms with van der Waals surface area (Å²) in [4.78, 5) is 16.8. The lowest BCUT2D eigenvalue weighted by Gasteiger charge is -2.32. The number of nitriles is 1. The zero-order chi connectivity index (χ0) is 19.1. The first-order valence-electron chi connectivity index (χ1n) is 8.59. The Balaban J connectivity index is 2.10. The minimum atomic E-state index is -0.742. The summed E-state index contributed by atoms with van der Waals surface area (Å²) in [7, 11) is 0. The van der Waals surface area contributed by atoms with E-state index in [2.05, 4.69) is 6.07 Å². The van der Waals surface area contributed by atoms with Crippen LogP contribution >= 0.6 is 12.2 Å². The normalized spacial score (nSPS) is 19.8. The lowest BCUT2D eigenvalue weighted by atomic mass is 9.96. The van der Waals surface area contributed by atoms with Crippen molar-refractivity contribution in [2.75, 3.05) is 9.80 Å². The summed E-state index contributed by atoms with van der Waals surface area (Å²) in [5, 5.41) is 9.61. The van der Waals surface area contributed by atoms with E-state index in [1.165, 1.54) is 0 Å². The summed E-state index contributed by atoms with van der Waals surface area (Å²) in [5.41, 5.74) is 3.45. The van der Waals surface area contributed by atoms with Crippen LogP contribution in [0.4, 0.5) is 11.4 Å². The van der Waals surface area contributed by atoms with Crippen LogP contribution in [0.2, 0.25) is 0 Å². The van der Waals surface area contributed by atoms with Crippen LogP contribution in [-0.4, -0.2) is 16.6 Å². The van der Waals surface area contributed by atoms with Gasteiger partial charge in [0, 0.05) is 5.69 Å². The number of anilines is 2. The van der Waals surface area contributed by atoms with E-state index < -0.39 is 5.54 Å². The molecule has 3 rings (SSSR count). The van der Waals surface area contributed by atoms with Gasteiger partial charge in [0.15, 0.2) is 5.11 Å². The third kappa shape index (κ3) is 2.67. The Labute approximate surface area is 159 Å². The van der Waals surface area contributed by atoms with E-state index in [9.17, 15) is 4.79 Å². The summed E-state index contributed by atoms with van der Waals surface area (Å²) >= 11 is 5.72. The highest BCUT2D eigenvalue weighted by Crippen LogP contribution is 2.38. The van der Waals surface area contributed by atoms with Crippen LogP contribution in [0.5, 0.6) is 0 Å². The molecule has 2 aromatic rings. The van der Waals surface area contributed by atoms with Gasteiger partial charge < -0.3 is 4.90 Å². The number of thiocarbonyl (C=S) groups is 1. The number of aryl methyl sites for hydroxylation is 2. The van der Waals surface area contributed by atoms with Gasteiger partial charge in [-0.3, -0.25) is 9.69 Å². The Morgan fingerprint density at radius 2 is 1.73 bits per heavy atom. The van der Waals surface area contributed by atoms with E-state index in [-0.39, 0.29) is 5.91 Å². The van der Waals surface area contributed by atoms with Gasteiger partial charge in [-0.1, -0.05) is 24.6 Å². The largest absolute Gasteiger partial charge is 0.303 e. The van der Waals surface area contributed by atoms with Crippen LogP contribution in [0, 0.1) is 25.2 Å². The van der Waals surface area contributed by atoms with Crippen molar-refractivity contribution in [3.8, 4) is 6.07 Å². The zero-order valence-corrected chi connectivity index (χ0v) is 16.2. The molecule has 1 heterocycles. The van der Waals surface area contributed by atoms with Gasteiger partial charge >= 0.3 is 0 Å². The van der Waals surface area contributed by atoms with E-state index >= 15 is 0 Å². The first-order chi connectivity index (χ1) is 12.3. The Kier molecular flexibility index (Phi) is 4.55. The number of hydrogen-bond donors (Lipinski definition) is 0. The number of benzene rings is 2. The third-order valence-corrected chi connectivity index (χ3v) is 5.47. The van der Waals surface area contributed by atoms with E-state index in [1.54, 1.807) is 17.0 Å². The van der Waals surface area contributed by atoms with Crippen LogP contribution in [0.1, 0.15) is 37.0 Å². The highest BCUT2D eigenvalue weighted by atomic mass is 32.1. The topological polar surface area (TPSA) is 47.3 Å². The van der Waals surface area contributed by atoms with Crippen LogP contribution in [0.15, 0.2) is 42.5 Å². The first kappa shape index (κ1) is 18.1. The molecule has 1 aliphatic rings. The monoisotopic (exact) mass is 363 g/mol. The molecular weight excluding hydrogens is 342 g/mol. The number of carbonyl (C=O) groups is 1. The molecule has 0 N–H and O–H groups in total. The van der Waals surface area contributed by atoms with Crippen molar-refractivity contribution in [3.63, 3.8) is 0 Å². The molecule has 1 aliphatic heterocycles. The number of rotatable bonds is 3. The Morgan fingerprint density at radius 3 is 2.27 bits per heavy atom. The average Bonchev–Trinajstić information content (AvgIpc) is 2.82. The molecular formula is C21H21N3OS. The van der Waals surface area contributed by atoms with Gasteiger partial charge in [0.1, 0.15) is 5.54 Å². The first-order valence-corrected chi connectivity index (χ1v) is 9.00. The Hall–Kier alpha value is -2.71. The molecule has 1 unspecified atom stereocenters. The van der Waals surface area contributed by atoms with Crippen LogP contribution in [-0.2, 0) is 4.79 Å². The van der Waals surface area contributed by atoms with Gasteiger partial charge in [-0.2, -0.15) is 5.26 Å². The van der Waals surface area contributed by atoms with Gasteiger partial charge in [0.25, 0.3) is 5.91 Å². The summed E-state index contributed by atoms with van der Waals surface area (Å²) < 4.78 is 0. The van der Waals surface area contributed by atoms with Gasteiger partial charge in [-0.05, 0) is 75.3 Å². The Bertz CT molecular complexity index is 929. The van der Waals surface area contributed by atoms with Gasteiger partial charge in [0.05, 0.1) is 17.3 Å². The molecule has 0 saturated carbocycles. The maximum absolute atomic E-state index is 13.3. The zero-order valence-electron chi connectivity index (χ0n) is 15.4. The van der Waals surface area contributed by atoms with E-state index in [0.29, 0.717) is 22.8 Å². The lowest BCUT2D eigenvalue weighted by Crippen LogP contribution is -2.46. The van der Waals surface area contributed by atoms with Gasteiger partial charge in [0.2, 0.25) is 0 Å². The fourth-order valence-corrected chi connectivity index (χ4v) is 3.77. The standard InChI is InChI=1S/C21H21N3OS/c1-5-21(4)19(25)23(18-11-8-16(13-22)15(3)12-18)20(26)24(21)17-9-6-14(2)7-10-17/h6-12H,5H2,1-4H3. The summed E-state index contributed by atoms with van der Waals surface area (Å²) in [6, 6.07) is 15.6. The fraction of sp³-hybridized carbons (Fsp3) is 0.286. The van der Waals surface area contributed by atoms with E-state index in [4.69, 9.17) is 17.5 Å². The molecule has 2 aromatic carbocycles. The third-order valence-electron chi connectivity index (χ3n) is 5.11. The predicted molar refractivity (Wildman–Crippen MR) is 108 cm³/mol. The summed E-state index contributed by atoms with van der Waals surface area (Å²) in [5.74, 6) is -0.0466. The van der Waals surface area contributed by atoms with Crippen molar-refractivity contribution in [1.82, 2.24) is 0 Å². The molecule has 4 nitrogen and oxygen atoms in total. The molecule has 1 atom stereocenters. The van der Waals surface area contributed by atoms with Crippen LogP contribution in [0.25, 0.3) is 0 Å². The molecule has 1 saturated heterocycles. The predicted octanol–water partition coefficient (Wildman–Crippen LogP) is 4.48. The second kappa shape index (κ2) is 6.54. The van der Waals surface area contributed by atoms with Crippen LogP contribution < -0.4 is 9.80 Å². The SMILES string of the molecule is CCC1(C)C(=O)N(c2ccc(C#N)c(C)c2)C(=S)N1c1ccc(C)cc1. The molecule has 132 valence electrons. The van der Waals surface area contributed by atoms with Crippen molar-refractivity contribution in [3.05, 3.63) is 59.2 Å². The van der Waals surface area contributed by atoms with Crippen molar-refractivity contribution >= 4 is 34.6 Å². The lowest BCUT2D eigenvalue weighted by molar-refractivity contribution is -0.121. The van der Waals surface area contributed by atoms with Crippen LogP contribution in [0.3, 0.4) is 0 Å². The molecule has 0 aromatic heterocycles. The maximum atomic E-state index is 13.3. The highest BCUT2D eigenvalue weighted by molar-refractivity contribution is 7.81.